The van der Waals surface area contributed by atoms with Crippen LogP contribution in [0.5, 0.6) is 5.75 Å². The van der Waals surface area contributed by atoms with E-state index in [-0.39, 0.29) is 0 Å². The summed E-state index contributed by atoms with van der Waals surface area (Å²) in [5, 5.41) is 10.0. The summed E-state index contributed by atoms with van der Waals surface area (Å²) in [6, 6.07) is 5.54. The van der Waals surface area contributed by atoms with E-state index in [1.807, 2.05) is 18.2 Å². The fourth-order valence-corrected chi connectivity index (χ4v) is 1.99. The topological polar surface area (TPSA) is 92.3 Å². The van der Waals surface area contributed by atoms with Gasteiger partial charge in [-0.1, -0.05) is 0 Å². The van der Waals surface area contributed by atoms with Gasteiger partial charge in [0.1, 0.15) is 11.4 Å². The second-order valence-corrected chi connectivity index (χ2v) is 4.69. The molecule has 0 unspecified atom stereocenters. The molecule has 0 fully saturated rings. The first-order chi connectivity index (χ1) is 9.60. The lowest BCUT2D eigenvalue weighted by Gasteiger charge is -2.03. The highest BCUT2D eigenvalue weighted by atomic mass is 79.9. The number of hydrogen-bond acceptors (Lipinski definition) is 6. The third-order valence-corrected chi connectivity index (χ3v) is 3.05. The molecule has 104 valence electrons. The van der Waals surface area contributed by atoms with Gasteiger partial charge in [0.25, 0.3) is 0 Å². The maximum absolute atomic E-state index is 11.0. The molecule has 0 aliphatic heterocycles. The van der Waals surface area contributed by atoms with Crippen LogP contribution >= 0.6 is 15.9 Å². The minimum Gasteiger partial charge on any atom is -0.496 e. The molecule has 0 saturated heterocycles. The number of nitrogens with zero attached hydrogens (tertiary/aromatic N) is 3. The lowest BCUT2D eigenvalue weighted by atomic mass is 10.2. The number of hydrazone groups is 1. The molecule has 0 saturated carbocycles. The Morgan fingerprint density at radius 2 is 2.30 bits per heavy atom. The Bertz CT molecular complexity index is 698. The van der Waals surface area contributed by atoms with Crippen LogP contribution in [0.2, 0.25) is 0 Å². The molecule has 7 nitrogen and oxygen atoms in total. The van der Waals surface area contributed by atoms with Crippen molar-refractivity contribution < 1.29 is 4.74 Å². The second kappa shape index (κ2) is 6.29. The predicted molar refractivity (Wildman–Crippen MR) is 79.3 cm³/mol. The Hall–Kier alpha value is -2.22. The van der Waals surface area contributed by atoms with Crippen molar-refractivity contribution in [3.8, 4) is 5.75 Å². The normalized spacial score (nSPS) is 10.8. The maximum atomic E-state index is 11.0. The fraction of sp³-hybridized carbons (Fsp3) is 0.167. The molecule has 1 heterocycles. The zero-order valence-electron chi connectivity index (χ0n) is 10.8. The monoisotopic (exact) mass is 337 g/mol. The second-order valence-electron chi connectivity index (χ2n) is 3.84. The van der Waals surface area contributed by atoms with Crippen molar-refractivity contribution in [3.63, 3.8) is 0 Å². The van der Waals surface area contributed by atoms with Crippen molar-refractivity contribution in [1.29, 1.82) is 0 Å². The summed E-state index contributed by atoms with van der Waals surface area (Å²) in [6.07, 6.45) is 1.60. The zero-order chi connectivity index (χ0) is 14.5. The van der Waals surface area contributed by atoms with E-state index in [2.05, 4.69) is 41.6 Å². The molecule has 0 atom stereocenters. The van der Waals surface area contributed by atoms with E-state index in [1.165, 1.54) is 0 Å². The van der Waals surface area contributed by atoms with E-state index in [4.69, 9.17) is 4.74 Å². The van der Waals surface area contributed by atoms with Gasteiger partial charge in [0, 0.05) is 0 Å². The SMILES string of the molecule is COc1ccc(C=NNc2nc(=O)[nH]nc2C)cc1Br. The maximum Gasteiger partial charge on any atom is 0.363 e. The van der Waals surface area contributed by atoms with Crippen LogP contribution in [-0.2, 0) is 0 Å². The third kappa shape index (κ3) is 3.41. The summed E-state index contributed by atoms with van der Waals surface area (Å²) in [7, 11) is 1.60. The van der Waals surface area contributed by atoms with Crippen molar-refractivity contribution in [3.05, 3.63) is 44.4 Å². The van der Waals surface area contributed by atoms with Crippen molar-refractivity contribution in [2.75, 3.05) is 12.5 Å². The number of methoxy groups -OCH3 is 1. The molecule has 0 radical (unpaired) electrons. The number of aromatic amines is 1. The Labute approximate surface area is 123 Å². The highest BCUT2D eigenvalue weighted by Crippen LogP contribution is 2.24. The van der Waals surface area contributed by atoms with Gasteiger partial charge in [-0.3, -0.25) is 5.43 Å². The van der Waals surface area contributed by atoms with Crippen LogP contribution in [0.15, 0.2) is 32.6 Å². The van der Waals surface area contributed by atoms with Gasteiger partial charge in [-0.2, -0.15) is 15.2 Å². The summed E-state index contributed by atoms with van der Waals surface area (Å²) < 4.78 is 5.97. The van der Waals surface area contributed by atoms with Gasteiger partial charge in [0.2, 0.25) is 0 Å². The van der Waals surface area contributed by atoms with Crippen molar-refractivity contribution in [2.45, 2.75) is 6.92 Å². The highest BCUT2D eigenvalue weighted by molar-refractivity contribution is 9.10. The summed E-state index contributed by atoms with van der Waals surface area (Å²) in [5.74, 6) is 1.06. The zero-order valence-corrected chi connectivity index (χ0v) is 12.4. The highest BCUT2D eigenvalue weighted by Gasteiger charge is 2.01. The van der Waals surface area contributed by atoms with Crippen LogP contribution < -0.4 is 15.9 Å². The number of halogens is 1. The number of nitrogens with one attached hydrogen (secondary N) is 2. The van der Waals surface area contributed by atoms with E-state index >= 15 is 0 Å². The number of H-pyrrole nitrogens is 1. The quantitative estimate of drug-likeness (QED) is 0.654. The summed E-state index contributed by atoms with van der Waals surface area (Å²) in [6.45, 7) is 1.71. The van der Waals surface area contributed by atoms with Crippen LogP contribution in [-0.4, -0.2) is 28.5 Å². The number of benzene rings is 1. The van der Waals surface area contributed by atoms with E-state index in [9.17, 15) is 4.79 Å². The predicted octanol–water partition coefficient (Wildman–Crippen LogP) is 1.69. The molecule has 1 aromatic carbocycles. The van der Waals surface area contributed by atoms with Crippen LogP contribution in [0.3, 0.4) is 0 Å². The average molecular weight is 338 g/mol. The number of anilines is 1. The molecule has 2 N–H and O–H groups in total. The molecule has 0 aliphatic rings. The first kappa shape index (κ1) is 14.2. The van der Waals surface area contributed by atoms with Gasteiger partial charge in [0.05, 0.1) is 17.8 Å². The lowest BCUT2D eigenvalue weighted by Crippen LogP contribution is -2.15. The van der Waals surface area contributed by atoms with Gasteiger partial charge in [-0.05, 0) is 46.6 Å². The molecule has 0 aliphatic carbocycles. The molecule has 2 aromatic rings. The molecular formula is C12H12BrN5O2. The summed E-state index contributed by atoms with van der Waals surface area (Å²) in [5.41, 5.74) is 3.57. The van der Waals surface area contributed by atoms with Crippen LogP contribution in [0.4, 0.5) is 5.82 Å². The van der Waals surface area contributed by atoms with Crippen molar-refractivity contribution in [2.24, 2.45) is 5.10 Å². The van der Waals surface area contributed by atoms with E-state index in [0.717, 1.165) is 15.8 Å². The minimum atomic E-state index is -0.527. The van der Waals surface area contributed by atoms with Crippen molar-refractivity contribution in [1.82, 2.24) is 15.2 Å². The van der Waals surface area contributed by atoms with Gasteiger partial charge >= 0.3 is 5.69 Å². The largest absolute Gasteiger partial charge is 0.496 e. The molecule has 20 heavy (non-hydrogen) atoms. The summed E-state index contributed by atoms with van der Waals surface area (Å²) in [4.78, 5) is 14.8. The number of rotatable bonds is 4. The average Bonchev–Trinajstić information content (AvgIpc) is 2.43. The van der Waals surface area contributed by atoms with Gasteiger partial charge in [-0.25, -0.2) is 9.89 Å². The molecule has 0 bridgehead atoms. The number of ether oxygens (including phenoxy) is 1. The number of hydrogen-bond donors (Lipinski definition) is 2. The number of aryl methyl sites for hydroxylation is 1. The Kier molecular flexibility index (Phi) is 4.46. The smallest absolute Gasteiger partial charge is 0.363 e. The van der Waals surface area contributed by atoms with E-state index in [1.54, 1.807) is 20.2 Å². The molecule has 0 spiro atoms. The van der Waals surface area contributed by atoms with E-state index in [0.29, 0.717) is 11.5 Å². The van der Waals surface area contributed by atoms with Crippen LogP contribution in [0.1, 0.15) is 11.3 Å². The lowest BCUT2D eigenvalue weighted by molar-refractivity contribution is 0.412. The molecule has 0 amide bonds. The Balaban J connectivity index is 2.12. The molecule has 1 aromatic heterocycles. The Morgan fingerprint density at radius 3 is 3.00 bits per heavy atom. The first-order valence-electron chi connectivity index (χ1n) is 5.66. The molecule has 8 heteroatoms. The first-order valence-corrected chi connectivity index (χ1v) is 6.45. The fourth-order valence-electron chi connectivity index (χ4n) is 1.43. The van der Waals surface area contributed by atoms with Gasteiger partial charge < -0.3 is 4.74 Å². The number of aromatic nitrogens is 3. The van der Waals surface area contributed by atoms with Crippen LogP contribution in [0.25, 0.3) is 0 Å². The molecule has 2 rings (SSSR count). The molecular weight excluding hydrogens is 326 g/mol. The van der Waals surface area contributed by atoms with Gasteiger partial charge in [0.15, 0.2) is 5.82 Å². The minimum absolute atomic E-state index is 0.317. The Morgan fingerprint density at radius 1 is 1.50 bits per heavy atom. The van der Waals surface area contributed by atoms with Gasteiger partial charge in [-0.15, -0.1) is 0 Å². The van der Waals surface area contributed by atoms with E-state index < -0.39 is 5.69 Å². The standard InChI is InChI=1S/C12H12BrN5O2/c1-7-11(15-12(19)18-16-7)17-14-6-8-3-4-10(20-2)9(13)5-8/h3-6H,1-2H3,(H2,15,17,18,19). The van der Waals surface area contributed by atoms with Crippen molar-refractivity contribution >= 4 is 28.0 Å². The summed E-state index contributed by atoms with van der Waals surface area (Å²) >= 11 is 3.39. The third-order valence-electron chi connectivity index (χ3n) is 2.44. The van der Waals surface area contributed by atoms with Crippen LogP contribution in [0, 0.1) is 6.92 Å².